The van der Waals surface area contributed by atoms with Crippen LogP contribution in [-0.4, -0.2) is 11.2 Å². The molecule has 0 spiro atoms. The summed E-state index contributed by atoms with van der Waals surface area (Å²) in [6.07, 6.45) is 12.2. The van der Waals surface area contributed by atoms with Gasteiger partial charge in [-0.2, -0.15) is 5.26 Å². The van der Waals surface area contributed by atoms with E-state index in [-0.39, 0.29) is 6.10 Å². The van der Waals surface area contributed by atoms with Gasteiger partial charge >= 0.3 is 0 Å². The Morgan fingerprint density at radius 3 is 2.06 bits per heavy atom. The Bertz CT molecular complexity index is 174. The molecule has 0 aliphatic carbocycles. The van der Waals surface area contributed by atoms with Gasteiger partial charge in [0.15, 0.2) is 0 Å². The van der Waals surface area contributed by atoms with Crippen LogP contribution < -0.4 is 0 Å². The number of unbranched alkanes of at least 4 members (excludes halogenated alkanes) is 7. The van der Waals surface area contributed by atoms with Gasteiger partial charge in [0.1, 0.15) is 0 Å². The summed E-state index contributed by atoms with van der Waals surface area (Å²) in [7, 11) is 0. The second-order valence-electron chi connectivity index (χ2n) is 4.61. The first-order valence-corrected chi connectivity index (χ1v) is 6.86. The van der Waals surface area contributed by atoms with Crippen molar-refractivity contribution in [1.29, 1.82) is 5.26 Å². The van der Waals surface area contributed by atoms with Crippen LogP contribution in [0.4, 0.5) is 0 Å². The van der Waals surface area contributed by atoms with Crippen molar-refractivity contribution in [2.45, 2.75) is 83.7 Å². The van der Waals surface area contributed by atoms with Gasteiger partial charge in [0.2, 0.25) is 0 Å². The lowest BCUT2D eigenvalue weighted by Gasteiger charge is -2.07. The van der Waals surface area contributed by atoms with E-state index in [1.54, 1.807) is 0 Å². The maximum atomic E-state index is 9.50. The number of nitrogens with zero attached hydrogens (tertiary/aromatic N) is 1. The predicted octanol–water partition coefficient (Wildman–Crippen LogP) is 4.18. The fourth-order valence-electron chi connectivity index (χ4n) is 1.89. The van der Waals surface area contributed by atoms with E-state index < -0.39 is 0 Å². The SMILES string of the molecule is CCCCCCCCCC[C@@H](O)CCC#N. The quantitative estimate of drug-likeness (QED) is 0.536. The summed E-state index contributed by atoms with van der Waals surface area (Å²) in [5.41, 5.74) is 0. The van der Waals surface area contributed by atoms with Crippen LogP contribution in [0.1, 0.15) is 77.6 Å². The largest absolute Gasteiger partial charge is 0.393 e. The first kappa shape index (κ1) is 15.4. The van der Waals surface area contributed by atoms with Gasteiger partial charge in [0, 0.05) is 6.42 Å². The summed E-state index contributed by atoms with van der Waals surface area (Å²) in [5.74, 6) is 0. The van der Waals surface area contributed by atoms with E-state index >= 15 is 0 Å². The highest BCUT2D eigenvalue weighted by molar-refractivity contribution is 4.71. The van der Waals surface area contributed by atoms with E-state index in [0.29, 0.717) is 12.8 Å². The van der Waals surface area contributed by atoms with E-state index in [0.717, 1.165) is 12.8 Å². The first-order valence-electron chi connectivity index (χ1n) is 6.86. The molecule has 2 nitrogen and oxygen atoms in total. The van der Waals surface area contributed by atoms with Crippen LogP contribution >= 0.6 is 0 Å². The van der Waals surface area contributed by atoms with E-state index in [4.69, 9.17) is 5.26 Å². The molecule has 0 unspecified atom stereocenters. The number of hydrogen-bond donors (Lipinski definition) is 1. The van der Waals surface area contributed by atoms with Crippen molar-refractivity contribution in [2.75, 3.05) is 0 Å². The smallest absolute Gasteiger partial charge is 0.0622 e. The van der Waals surface area contributed by atoms with Crippen LogP contribution in [0.3, 0.4) is 0 Å². The molecule has 0 aromatic carbocycles. The molecule has 0 radical (unpaired) electrons. The molecule has 16 heavy (non-hydrogen) atoms. The zero-order valence-electron chi connectivity index (χ0n) is 10.7. The van der Waals surface area contributed by atoms with Gasteiger partial charge in [-0.25, -0.2) is 0 Å². The fourth-order valence-corrected chi connectivity index (χ4v) is 1.89. The van der Waals surface area contributed by atoms with Crippen molar-refractivity contribution in [3.63, 3.8) is 0 Å². The highest BCUT2D eigenvalue weighted by Gasteiger charge is 2.02. The molecule has 0 fully saturated rings. The van der Waals surface area contributed by atoms with Crippen LogP contribution in [0.25, 0.3) is 0 Å². The minimum Gasteiger partial charge on any atom is -0.393 e. The molecule has 1 atom stereocenters. The summed E-state index contributed by atoms with van der Waals surface area (Å²) in [6.45, 7) is 2.24. The van der Waals surface area contributed by atoms with Crippen molar-refractivity contribution in [3.05, 3.63) is 0 Å². The first-order chi connectivity index (χ1) is 7.81. The van der Waals surface area contributed by atoms with Crippen molar-refractivity contribution < 1.29 is 5.11 Å². The van der Waals surface area contributed by atoms with Crippen molar-refractivity contribution in [3.8, 4) is 6.07 Å². The molecule has 0 amide bonds. The molecule has 94 valence electrons. The van der Waals surface area contributed by atoms with Gasteiger partial charge in [-0.05, 0) is 12.8 Å². The topological polar surface area (TPSA) is 44.0 Å². The van der Waals surface area contributed by atoms with Gasteiger partial charge in [-0.1, -0.05) is 58.3 Å². The van der Waals surface area contributed by atoms with Gasteiger partial charge in [0.05, 0.1) is 12.2 Å². The molecule has 0 saturated heterocycles. The molecule has 0 heterocycles. The number of aliphatic hydroxyl groups is 1. The van der Waals surface area contributed by atoms with Gasteiger partial charge in [-0.15, -0.1) is 0 Å². The standard InChI is InChI=1S/C14H27NO/c1-2-3-4-5-6-7-8-9-11-14(16)12-10-13-15/h14,16H,2-12H2,1H3/t14-/m1/s1. The third-order valence-corrected chi connectivity index (χ3v) is 2.98. The predicted molar refractivity (Wildman–Crippen MR) is 68.1 cm³/mol. The van der Waals surface area contributed by atoms with E-state index in [2.05, 4.69) is 13.0 Å². The number of nitriles is 1. The minimum absolute atomic E-state index is 0.250. The van der Waals surface area contributed by atoms with Crippen molar-refractivity contribution in [1.82, 2.24) is 0 Å². The molecular weight excluding hydrogens is 198 g/mol. The maximum Gasteiger partial charge on any atom is 0.0622 e. The van der Waals surface area contributed by atoms with Gasteiger partial charge in [0.25, 0.3) is 0 Å². The van der Waals surface area contributed by atoms with Crippen LogP contribution in [0, 0.1) is 11.3 Å². The Morgan fingerprint density at radius 2 is 1.50 bits per heavy atom. The third kappa shape index (κ3) is 11.5. The Kier molecular flexibility index (Phi) is 12.1. The highest BCUT2D eigenvalue weighted by Crippen LogP contribution is 2.12. The van der Waals surface area contributed by atoms with Crippen molar-refractivity contribution in [2.24, 2.45) is 0 Å². The number of rotatable bonds is 11. The monoisotopic (exact) mass is 225 g/mol. The summed E-state index contributed by atoms with van der Waals surface area (Å²) >= 11 is 0. The lowest BCUT2D eigenvalue weighted by atomic mass is 10.0. The van der Waals surface area contributed by atoms with Gasteiger partial charge < -0.3 is 5.11 Å². The summed E-state index contributed by atoms with van der Waals surface area (Å²) in [6, 6.07) is 2.07. The molecule has 0 rings (SSSR count). The summed E-state index contributed by atoms with van der Waals surface area (Å²) in [4.78, 5) is 0. The van der Waals surface area contributed by atoms with E-state index in [9.17, 15) is 5.11 Å². The lowest BCUT2D eigenvalue weighted by molar-refractivity contribution is 0.152. The van der Waals surface area contributed by atoms with E-state index in [1.807, 2.05) is 0 Å². The molecular formula is C14H27NO. The Hall–Kier alpha value is -0.550. The van der Waals surface area contributed by atoms with Crippen molar-refractivity contribution >= 4 is 0 Å². The van der Waals surface area contributed by atoms with Crippen LogP contribution in [-0.2, 0) is 0 Å². The normalized spacial score (nSPS) is 12.3. The lowest BCUT2D eigenvalue weighted by Crippen LogP contribution is -2.05. The highest BCUT2D eigenvalue weighted by atomic mass is 16.3. The molecule has 0 aliphatic heterocycles. The molecule has 0 aromatic rings. The van der Waals surface area contributed by atoms with Crippen LogP contribution in [0.2, 0.25) is 0 Å². The molecule has 0 bridgehead atoms. The fraction of sp³-hybridized carbons (Fsp3) is 0.929. The molecule has 0 aliphatic rings. The second kappa shape index (κ2) is 12.5. The van der Waals surface area contributed by atoms with E-state index in [1.165, 1.54) is 44.9 Å². The molecule has 0 saturated carbocycles. The number of hydrogen-bond acceptors (Lipinski definition) is 2. The molecule has 2 heteroatoms. The van der Waals surface area contributed by atoms with Crippen LogP contribution in [0.5, 0.6) is 0 Å². The average Bonchev–Trinajstić information content (AvgIpc) is 2.30. The Balaban J connectivity index is 3.06. The minimum atomic E-state index is -0.250. The zero-order chi connectivity index (χ0) is 12.1. The Labute approximate surface area is 101 Å². The molecule has 1 N–H and O–H groups in total. The second-order valence-corrected chi connectivity index (χ2v) is 4.61. The Morgan fingerprint density at radius 1 is 0.938 bits per heavy atom. The average molecular weight is 225 g/mol. The third-order valence-electron chi connectivity index (χ3n) is 2.98. The maximum absolute atomic E-state index is 9.50. The zero-order valence-corrected chi connectivity index (χ0v) is 10.7. The molecule has 0 aromatic heterocycles. The van der Waals surface area contributed by atoms with Gasteiger partial charge in [-0.3, -0.25) is 0 Å². The summed E-state index contributed by atoms with van der Waals surface area (Å²) < 4.78 is 0. The van der Waals surface area contributed by atoms with Crippen LogP contribution in [0.15, 0.2) is 0 Å². The summed E-state index contributed by atoms with van der Waals surface area (Å²) in [5, 5.41) is 17.9. The number of aliphatic hydroxyl groups excluding tert-OH is 1.